The van der Waals surface area contributed by atoms with E-state index in [1.807, 2.05) is 0 Å². The molecule has 0 spiro atoms. The van der Waals surface area contributed by atoms with Crippen LogP contribution in [-0.2, 0) is 27.7 Å². The summed E-state index contributed by atoms with van der Waals surface area (Å²) in [5, 5.41) is 0. The summed E-state index contributed by atoms with van der Waals surface area (Å²) in [6, 6.07) is 0. The summed E-state index contributed by atoms with van der Waals surface area (Å²) >= 11 is 0.830. The minimum absolute atomic E-state index is 0.516. The van der Waals surface area contributed by atoms with Crippen molar-refractivity contribution in [1.29, 1.82) is 0 Å². The predicted molar refractivity (Wildman–Crippen MR) is 62.4 cm³/mol. The van der Waals surface area contributed by atoms with E-state index >= 15 is 0 Å². The molecular formula is C14H17HfO. The molecule has 2 rings (SSSR count). The van der Waals surface area contributed by atoms with Crippen LogP contribution in [0.15, 0.2) is 46.6 Å². The van der Waals surface area contributed by atoms with Gasteiger partial charge in [0.1, 0.15) is 0 Å². The molecule has 0 bridgehead atoms. The molecule has 0 aromatic rings. The van der Waals surface area contributed by atoms with Crippen LogP contribution in [-0.4, -0.2) is 6.61 Å². The third-order valence-electron chi connectivity index (χ3n) is 3.52. The van der Waals surface area contributed by atoms with E-state index in [2.05, 4.69) is 38.2 Å². The molecule has 0 N–H and O–H groups in total. The third-order valence-corrected chi connectivity index (χ3v) is 4.11. The van der Waals surface area contributed by atoms with Crippen molar-refractivity contribution >= 4 is 0 Å². The third kappa shape index (κ3) is 2.38. The molecule has 0 saturated heterocycles. The zero-order valence-corrected chi connectivity index (χ0v) is 13.5. The van der Waals surface area contributed by atoms with Crippen molar-refractivity contribution in [3.8, 4) is 0 Å². The summed E-state index contributed by atoms with van der Waals surface area (Å²) in [6.07, 6.45) is 11.2. The van der Waals surface area contributed by atoms with Crippen LogP contribution in [0.25, 0.3) is 0 Å². The normalized spacial score (nSPS) is 19.6. The van der Waals surface area contributed by atoms with Crippen LogP contribution < -0.4 is 0 Å². The average Bonchev–Trinajstić information content (AvgIpc) is 2.84. The second-order valence-electron chi connectivity index (χ2n) is 4.49. The zero-order valence-electron chi connectivity index (χ0n) is 9.92. The fourth-order valence-corrected chi connectivity index (χ4v) is 3.19. The maximum atomic E-state index is 5.54. The van der Waals surface area contributed by atoms with Crippen molar-refractivity contribution in [1.82, 2.24) is 0 Å². The van der Waals surface area contributed by atoms with Crippen molar-refractivity contribution < 1.29 is 27.7 Å². The van der Waals surface area contributed by atoms with Gasteiger partial charge in [0, 0.05) is 0 Å². The molecule has 0 aromatic heterocycles. The monoisotopic (exact) mass is 381 g/mol. The average molecular weight is 380 g/mol. The van der Waals surface area contributed by atoms with Crippen molar-refractivity contribution in [3.63, 3.8) is 0 Å². The van der Waals surface area contributed by atoms with Gasteiger partial charge >= 0.3 is 113 Å². The van der Waals surface area contributed by atoms with E-state index in [0.29, 0.717) is 5.92 Å². The summed E-state index contributed by atoms with van der Waals surface area (Å²) < 4.78 is 5.54. The molecule has 2 heteroatoms. The van der Waals surface area contributed by atoms with Gasteiger partial charge in [-0.2, -0.15) is 0 Å². The summed E-state index contributed by atoms with van der Waals surface area (Å²) in [4.78, 5) is 0. The molecule has 0 amide bonds. The topological polar surface area (TPSA) is 9.23 Å². The van der Waals surface area contributed by atoms with E-state index in [-0.39, 0.29) is 0 Å². The first-order chi connectivity index (χ1) is 7.74. The SMILES string of the molecule is CC1=C(C(C[O][Hf])C2=C(C)C=CC2)CC=C1. The van der Waals surface area contributed by atoms with Crippen LogP contribution in [0.3, 0.4) is 0 Å². The van der Waals surface area contributed by atoms with Gasteiger partial charge in [-0.25, -0.2) is 0 Å². The Balaban J connectivity index is 2.25. The van der Waals surface area contributed by atoms with Gasteiger partial charge in [0.25, 0.3) is 0 Å². The molecule has 0 radical (unpaired) electrons. The van der Waals surface area contributed by atoms with Gasteiger partial charge < -0.3 is 0 Å². The van der Waals surface area contributed by atoms with E-state index in [1.165, 1.54) is 11.1 Å². The van der Waals surface area contributed by atoms with Gasteiger partial charge in [0.05, 0.1) is 0 Å². The number of hydrogen-bond acceptors (Lipinski definition) is 1. The quantitative estimate of drug-likeness (QED) is 0.678. The van der Waals surface area contributed by atoms with Gasteiger partial charge in [-0.3, -0.25) is 0 Å². The van der Waals surface area contributed by atoms with Crippen molar-refractivity contribution in [2.24, 2.45) is 5.92 Å². The molecule has 0 unspecified atom stereocenters. The van der Waals surface area contributed by atoms with Gasteiger partial charge in [-0.05, 0) is 0 Å². The van der Waals surface area contributed by atoms with Crippen LogP contribution in [0.5, 0.6) is 0 Å². The van der Waals surface area contributed by atoms with Crippen LogP contribution >= 0.6 is 0 Å². The van der Waals surface area contributed by atoms with E-state index in [9.17, 15) is 0 Å². The Kier molecular flexibility index (Phi) is 4.15. The summed E-state index contributed by atoms with van der Waals surface area (Å²) in [6.45, 7) is 5.31. The van der Waals surface area contributed by atoms with Crippen molar-refractivity contribution in [2.75, 3.05) is 6.61 Å². The van der Waals surface area contributed by atoms with E-state index in [4.69, 9.17) is 2.85 Å². The summed E-state index contributed by atoms with van der Waals surface area (Å²) in [5.41, 5.74) is 6.01. The van der Waals surface area contributed by atoms with Crippen LogP contribution in [0.4, 0.5) is 0 Å². The second-order valence-corrected chi connectivity index (χ2v) is 5.53. The van der Waals surface area contributed by atoms with Crippen LogP contribution in [0, 0.1) is 5.92 Å². The van der Waals surface area contributed by atoms with Crippen LogP contribution in [0.2, 0.25) is 0 Å². The Hall–Kier alpha value is -0.210. The first-order valence-corrected chi connectivity index (χ1v) is 7.21. The van der Waals surface area contributed by atoms with Gasteiger partial charge in [-0.15, -0.1) is 0 Å². The molecule has 0 saturated carbocycles. The fraction of sp³-hybridized carbons (Fsp3) is 0.429. The minimum atomic E-state index is 0.516. The second kappa shape index (κ2) is 5.42. The standard InChI is InChI=1S/C14H17O.Hf/c1-10-5-3-7-12(10)14(9-15)13-8-4-6-11(13)2;/h3-6,14H,7-9H2,1-2H3;/q-1;+1. The molecule has 0 aromatic carbocycles. The van der Waals surface area contributed by atoms with E-state index in [1.54, 1.807) is 11.1 Å². The Labute approximate surface area is 113 Å². The molecule has 0 fully saturated rings. The van der Waals surface area contributed by atoms with Gasteiger partial charge in [0.15, 0.2) is 0 Å². The molecule has 2 aliphatic rings. The summed E-state index contributed by atoms with van der Waals surface area (Å²) in [5.74, 6) is 0.516. The van der Waals surface area contributed by atoms with E-state index < -0.39 is 0 Å². The molecule has 0 heterocycles. The van der Waals surface area contributed by atoms with Gasteiger partial charge in [-0.1, -0.05) is 0 Å². The molecular weight excluding hydrogens is 363 g/mol. The Morgan fingerprint density at radius 3 is 1.94 bits per heavy atom. The maximum absolute atomic E-state index is 5.54. The van der Waals surface area contributed by atoms with Crippen LogP contribution in [0.1, 0.15) is 26.7 Å². The predicted octanol–water partition coefficient (Wildman–Crippen LogP) is 3.63. The first kappa shape index (κ1) is 12.3. The van der Waals surface area contributed by atoms with Gasteiger partial charge in [0.2, 0.25) is 0 Å². The molecule has 0 atom stereocenters. The van der Waals surface area contributed by atoms with Crippen molar-refractivity contribution in [3.05, 3.63) is 46.6 Å². The molecule has 1 nitrogen and oxygen atoms in total. The molecule has 2 aliphatic carbocycles. The zero-order chi connectivity index (χ0) is 11.5. The summed E-state index contributed by atoms with van der Waals surface area (Å²) in [7, 11) is 0. The number of hydrogen-bond donors (Lipinski definition) is 0. The molecule has 83 valence electrons. The molecule has 0 aliphatic heterocycles. The Bertz CT molecular complexity index is 363. The fourth-order valence-electron chi connectivity index (χ4n) is 2.59. The van der Waals surface area contributed by atoms with E-state index in [0.717, 1.165) is 44.3 Å². The van der Waals surface area contributed by atoms with Crippen molar-refractivity contribution in [2.45, 2.75) is 26.7 Å². The Morgan fingerprint density at radius 1 is 1.12 bits per heavy atom. The Morgan fingerprint density at radius 2 is 1.62 bits per heavy atom. The first-order valence-electron chi connectivity index (χ1n) is 5.75. The number of rotatable bonds is 4. The molecule has 16 heavy (non-hydrogen) atoms. The number of allylic oxidation sites excluding steroid dienone is 6.